The van der Waals surface area contributed by atoms with Crippen molar-refractivity contribution in [3.63, 3.8) is 0 Å². The van der Waals surface area contributed by atoms with Crippen molar-refractivity contribution in [2.45, 2.75) is 74.8 Å². The molecule has 1 saturated heterocycles. The molecule has 0 spiro atoms. The summed E-state index contributed by atoms with van der Waals surface area (Å²) in [6, 6.07) is -0.480. The maximum atomic E-state index is 13.9. The highest BCUT2D eigenvalue weighted by Gasteiger charge is 2.50. The molecule has 1 amide bonds. The van der Waals surface area contributed by atoms with E-state index in [9.17, 15) is 38.4 Å². The van der Waals surface area contributed by atoms with E-state index < -0.39 is 72.6 Å². The quantitative estimate of drug-likeness (QED) is 0.300. The second kappa shape index (κ2) is 11.9. The first kappa shape index (κ1) is 28.6. The predicted octanol–water partition coefficient (Wildman–Crippen LogP) is 1.17. The third-order valence-corrected chi connectivity index (χ3v) is 8.08. The molecule has 1 aliphatic carbocycles. The van der Waals surface area contributed by atoms with Gasteiger partial charge >= 0.3 is 0 Å². The second-order valence-electron chi connectivity index (χ2n) is 10.0. The van der Waals surface area contributed by atoms with Crippen molar-refractivity contribution in [1.82, 2.24) is 24.3 Å². The minimum Gasteiger partial charge on any atom is -0.394 e. The molecule has 0 radical (unpaired) electrons. The maximum Gasteiger partial charge on any atom is 0.255 e. The Bertz CT molecular complexity index is 1310. The van der Waals surface area contributed by atoms with Crippen LogP contribution in [-0.4, -0.2) is 93.8 Å². The number of hydrogen-bond acceptors (Lipinski definition) is 10. The van der Waals surface area contributed by atoms with Crippen molar-refractivity contribution in [2.24, 2.45) is 0 Å². The van der Waals surface area contributed by atoms with Crippen LogP contribution in [-0.2, 0) is 16.1 Å². The van der Waals surface area contributed by atoms with Gasteiger partial charge in [-0.2, -0.15) is 0 Å². The zero-order valence-electron chi connectivity index (χ0n) is 21.1. The molecule has 4 N–H and O–H groups in total. The molecule has 1 aromatic carbocycles. The first-order valence-corrected chi connectivity index (χ1v) is 13.6. The molecule has 3 heterocycles. The second-order valence-corrected chi connectivity index (χ2v) is 10.7. The number of aliphatic hydroxyl groups excluding tert-OH is 4. The van der Waals surface area contributed by atoms with Gasteiger partial charge in [0.15, 0.2) is 23.6 Å². The summed E-state index contributed by atoms with van der Waals surface area (Å²) in [6.45, 7) is -0.611. The smallest absolute Gasteiger partial charge is 0.255 e. The van der Waals surface area contributed by atoms with E-state index in [0.717, 1.165) is 35.2 Å². The van der Waals surface area contributed by atoms with E-state index in [1.54, 1.807) is 11.6 Å². The van der Waals surface area contributed by atoms with Crippen molar-refractivity contribution in [2.75, 3.05) is 6.61 Å². The standard InChI is InChI=1S/C25H28F3N5O6S/c26-14-5-13(6-15(27)20(14)28)16-9-33(31-30-16)21-22(36)19(10-34)39-24(23(21)37)25(38)32(8-12-7-29-40-11-12)17-3-1-2-4-18(17)35/h5-7,9,11,17-19,21-24,34-37H,1-4,8,10H2/t17-,18-,19+,21-,22-,23+,24+/m0/s1. The molecule has 3 aromatic rings. The molecule has 15 heteroatoms. The molecule has 2 aromatic heterocycles. The Balaban J connectivity index is 1.46. The van der Waals surface area contributed by atoms with Gasteiger partial charge in [0.25, 0.3) is 5.91 Å². The van der Waals surface area contributed by atoms with Crippen LogP contribution in [0.3, 0.4) is 0 Å². The van der Waals surface area contributed by atoms with Crippen LogP contribution in [0.5, 0.6) is 0 Å². The number of ether oxygens (including phenoxy) is 1. The molecule has 2 aliphatic rings. The van der Waals surface area contributed by atoms with E-state index >= 15 is 0 Å². The zero-order chi connectivity index (χ0) is 28.6. The van der Waals surface area contributed by atoms with Gasteiger partial charge in [0.05, 0.1) is 24.9 Å². The Hall–Kier alpha value is -2.95. The average molecular weight is 584 g/mol. The van der Waals surface area contributed by atoms with Gasteiger partial charge in [-0.05, 0) is 36.5 Å². The molecule has 0 bridgehead atoms. The number of hydrogen-bond donors (Lipinski definition) is 4. The lowest BCUT2D eigenvalue weighted by Crippen LogP contribution is -2.62. The van der Waals surface area contributed by atoms with Gasteiger partial charge in [-0.3, -0.25) is 4.79 Å². The van der Waals surface area contributed by atoms with Gasteiger partial charge < -0.3 is 30.1 Å². The van der Waals surface area contributed by atoms with E-state index in [2.05, 4.69) is 14.7 Å². The summed E-state index contributed by atoms with van der Waals surface area (Å²) in [5, 5.41) is 52.4. The normalized spacial score (nSPS) is 28.9. The van der Waals surface area contributed by atoms with Crippen molar-refractivity contribution < 1.29 is 43.1 Å². The summed E-state index contributed by atoms with van der Waals surface area (Å²) >= 11 is 1.20. The summed E-state index contributed by atoms with van der Waals surface area (Å²) in [4.78, 5) is 15.4. The van der Waals surface area contributed by atoms with E-state index in [4.69, 9.17) is 4.74 Å². The van der Waals surface area contributed by atoms with Crippen LogP contribution in [0.1, 0.15) is 37.3 Å². The highest BCUT2D eigenvalue weighted by Crippen LogP contribution is 2.34. The molecule has 11 nitrogen and oxygen atoms in total. The molecular weight excluding hydrogens is 555 g/mol. The van der Waals surface area contributed by atoms with Gasteiger partial charge in [0, 0.05) is 29.2 Å². The molecule has 2 fully saturated rings. The lowest BCUT2D eigenvalue weighted by atomic mass is 9.88. The Labute approximate surface area is 230 Å². The highest BCUT2D eigenvalue weighted by atomic mass is 32.1. The SMILES string of the molecule is O=C([C@@H]1O[C@H](CO)[C@H](O)[C@H](n2cc(-c3cc(F)c(F)c(F)c3)nn2)[C@H]1O)N(Cc1cnsc1)[C@H]1CCCC[C@@H]1O. The van der Waals surface area contributed by atoms with Crippen LogP contribution in [0, 0.1) is 17.5 Å². The number of benzene rings is 1. The number of carbonyl (C=O) groups is 1. The average Bonchev–Trinajstić information content (AvgIpc) is 3.63. The van der Waals surface area contributed by atoms with Gasteiger partial charge in [-0.15, -0.1) is 5.10 Å². The summed E-state index contributed by atoms with van der Waals surface area (Å²) in [5.74, 6) is -5.19. The topological polar surface area (TPSA) is 154 Å². The molecule has 216 valence electrons. The fourth-order valence-electron chi connectivity index (χ4n) is 5.36. The Morgan fingerprint density at radius 1 is 1.12 bits per heavy atom. The number of aliphatic hydroxyl groups is 4. The maximum absolute atomic E-state index is 13.9. The Kier molecular flexibility index (Phi) is 8.49. The first-order valence-electron chi connectivity index (χ1n) is 12.8. The summed E-state index contributed by atoms with van der Waals surface area (Å²) in [6.07, 6.45) is -1.55. The molecule has 1 aliphatic heterocycles. The molecule has 0 unspecified atom stereocenters. The van der Waals surface area contributed by atoms with Crippen LogP contribution < -0.4 is 0 Å². The van der Waals surface area contributed by atoms with Crippen molar-refractivity contribution in [1.29, 1.82) is 0 Å². The third kappa shape index (κ3) is 5.49. The summed E-state index contributed by atoms with van der Waals surface area (Å²) in [7, 11) is 0. The van der Waals surface area contributed by atoms with E-state index in [-0.39, 0.29) is 17.8 Å². The van der Waals surface area contributed by atoms with Crippen LogP contribution in [0.4, 0.5) is 13.2 Å². The van der Waals surface area contributed by atoms with E-state index in [1.807, 2.05) is 0 Å². The number of aromatic nitrogens is 4. The Morgan fingerprint density at radius 2 is 1.85 bits per heavy atom. The van der Waals surface area contributed by atoms with Crippen LogP contribution >= 0.6 is 11.5 Å². The molecule has 5 rings (SSSR count). The highest BCUT2D eigenvalue weighted by molar-refractivity contribution is 7.03. The summed E-state index contributed by atoms with van der Waals surface area (Å²) < 4.78 is 51.8. The largest absolute Gasteiger partial charge is 0.394 e. The van der Waals surface area contributed by atoms with Gasteiger partial charge in [-0.1, -0.05) is 18.1 Å². The molecule has 1 saturated carbocycles. The number of nitrogens with zero attached hydrogens (tertiary/aromatic N) is 5. The third-order valence-electron chi connectivity index (χ3n) is 7.44. The molecule has 7 atom stereocenters. The van der Waals surface area contributed by atoms with Crippen LogP contribution in [0.2, 0.25) is 0 Å². The molecular formula is C25H28F3N5O6S. The van der Waals surface area contributed by atoms with Crippen LogP contribution in [0.25, 0.3) is 11.3 Å². The fraction of sp³-hybridized carbons (Fsp3) is 0.520. The van der Waals surface area contributed by atoms with E-state index in [1.165, 1.54) is 22.6 Å². The minimum atomic E-state index is -1.70. The van der Waals surface area contributed by atoms with Gasteiger partial charge in [-0.25, -0.2) is 22.2 Å². The first-order chi connectivity index (χ1) is 19.2. The fourth-order valence-corrected chi connectivity index (χ4v) is 5.88. The monoisotopic (exact) mass is 583 g/mol. The van der Waals surface area contributed by atoms with Crippen molar-refractivity contribution in [3.05, 3.63) is 52.9 Å². The number of carbonyl (C=O) groups excluding carboxylic acids is 1. The molecule has 40 heavy (non-hydrogen) atoms. The van der Waals surface area contributed by atoms with Gasteiger partial charge in [0.2, 0.25) is 0 Å². The predicted molar refractivity (Wildman–Crippen MR) is 133 cm³/mol. The lowest BCUT2D eigenvalue weighted by molar-refractivity contribution is -0.214. The number of amides is 1. The Morgan fingerprint density at radius 3 is 2.50 bits per heavy atom. The number of halogens is 3. The van der Waals surface area contributed by atoms with Crippen molar-refractivity contribution in [3.8, 4) is 11.3 Å². The van der Waals surface area contributed by atoms with E-state index in [0.29, 0.717) is 12.8 Å². The van der Waals surface area contributed by atoms with Crippen molar-refractivity contribution >= 4 is 17.4 Å². The lowest BCUT2D eigenvalue weighted by Gasteiger charge is -2.45. The minimum absolute atomic E-state index is 0.0931. The zero-order valence-corrected chi connectivity index (χ0v) is 21.9. The van der Waals surface area contributed by atoms with Gasteiger partial charge in [0.1, 0.15) is 30.0 Å². The van der Waals surface area contributed by atoms with Crippen LogP contribution in [0.15, 0.2) is 29.9 Å². The number of rotatable bonds is 7. The summed E-state index contributed by atoms with van der Waals surface area (Å²) in [5.41, 5.74) is 0.479.